The van der Waals surface area contributed by atoms with Gasteiger partial charge < -0.3 is 9.30 Å². The topological polar surface area (TPSA) is 64.4 Å². The summed E-state index contributed by atoms with van der Waals surface area (Å²) < 4.78 is 35.7. The Morgan fingerprint density at radius 1 is 1.00 bits per heavy atom. The zero-order valence-corrected chi connectivity index (χ0v) is 20.9. The molecule has 0 aliphatic carbocycles. The number of nitrogens with zero attached hydrogens (tertiary/aromatic N) is 3. The Morgan fingerprint density at radius 3 is 2.44 bits per heavy atom. The van der Waals surface area contributed by atoms with Gasteiger partial charge in [0.15, 0.2) is 0 Å². The molecular weight excluding hydrogens is 446 g/mol. The summed E-state index contributed by atoms with van der Waals surface area (Å²) in [4.78, 5) is 5.01. The highest BCUT2D eigenvalue weighted by Gasteiger charge is 2.23. The molecule has 0 bridgehead atoms. The van der Waals surface area contributed by atoms with Crippen LogP contribution in [-0.4, -0.2) is 35.9 Å². The van der Waals surface area contributed by atoms with Gasteiger partial charge in [-0.1, -0.05) is 56.3 Å². The summed E-state index contributed by atoms with van der Waals surface area (Å²) in [6, 6.07) is 22.6. The average Bonchev–Trinajstić information content (AvgIpc) is 3.16. The van der Waals surface area contributed by atoms with Crippen LogP contribution in [0.15, 0.2) is 77.7 Å². The van der Waals surface area contributed by atoms with Crippen LogP contribution in [0.2, 0.25) is 0 Å². The molecule has 7 heteroatoms. The van der Waals surface area contributed by atoms with Crippen molar-refractivity contribution in [1.82, 2.24) is 13.9 Å². The Hall–Kier alpha value is -3.16. The Balaban J connectivity index is 1.58. The first-order valence-corrected chi connectivity index (χ1v) is 12.9. The minimum absolute atomic E-state index is 0.160. The van der Waals surface area contributed by atoms with Crippen LogP contribution in [-0.2, 0) is 23.1 Å². The summed E-state index contributed by atoms with van der Waals surface area (Å²) >= 11 is 0. The molecule has 0 radical (unpaired) electrons. The first-order valence-electron chi connectivity index (χ1n) is 11.5. The highest BCUT2D eigenvalue weighted by Crippen LogP contribution is 2.28. The summed E-state index contributed by atoms with van der Waals surface area (Å²) in [5.74, 6) is 1.93. The fourth-order valence-corrected chi connectivity index (χ4v) is 5.19. The van der Waals surface area contributed by atoms with E-state index in [-0.39, 0.29) is 11.4 Å². The second-order valence-corrected chi connectivity index (χ2v) is 10.8. The quantitative estimate of drug-likeness (QED) is 0.325. The van der Waals surface area contributed by atoms with Crippen LogP contribution in [0.4, 0.5) is 0 Å². The van der Waals surface area contributed by atoms with Gasteiger partial charge in [0.25, 0.3) is 0 Å². The molecule has 0 spiro atoms. The van der Waals surface area contributed by atoms with Crippen LogP contribution in [0.5, 0.6) is 5.75 Å². The van der Waals surface area contributed by atoms with Crippen molar-refractivity contribution in [3.8, 4) is 5.75 Å². The first-order chi connectivity index (χ1) is 16.3. The maximum Gasteiger partial charge on any atom is 0.243 e. The van der Waals surface area contributed by atoms with E-state index in [9.17, 15) is 8.42 Å². The third-order valence-electron chi connectivity index (χ3n) is 5.91. The van der Waals surface area contributed by atoms with Crippen LogP contribution < -0.4 is 4.74 Å². The Kier molecular flexibility index (Phi) is 7.05. The second kappa shape index (κ2) is 9.99. The number of benzene rings is 3. The maximum absolute atomic E-state index is 13.1. The SMILES string of the molecule is Cc1ccc(C(C)C)c(OCCn2c(CN(C)S(=O)(=O)c3ccccc3)nc3ccccc32)c1. The molecule has 0 aliphatic rings. The fraction of sp³-hybridized carbons (Fsp3) is 0.296. The molecule has 0 saturated heterocycles. The van der Waals surface area contributed by atoms with E-state index in [0.717, 1.165) is 22.3 Å². The van der Waals surface area contributed by atoms with Crippen molar-refractivity contribution in [1.29, 1.82) is 0 Å². The lowest BCUT2D eigenvalue weighted by molar-refractivity contribution is 0.292. The van der Waals surface area contributed by atoms with Crippen molar-refractivity contribution >= 4 is 21.1 Å². The minimum atomic E-state index is -3.63. The number of hydrogen-bond donors (Lipinski definition) is 0. The zero-order chi connectivity index (χ0) is 24.3. The largest absolute Gasteiger partial charge is 0.491 e. The molecule has 4 rings (SSSR count). The highest BCUT2D eigenvalue weighted by molar-refractivity contribution is 7.89. The maximum atomic E-state index is 13.1. The molecular formula is C27H31N3O3S. The molecule has 0 amide bonds. The van der Waals surface area contributed by atoms with E-state index in [4.69, 9.17) is 9.72 Å². The third-order valence-corrected chi connectivity index (χ3v) is 7.73. The minimum Gasteiger partial charge on any atom is -0.491 e. The summed E-state index contributed by atoms with van der Waals surface area (Å²) in [5.41, 5.74) is 4.12. The summed E-state index contributed by atoms with van der Waals surface area (Å²) in [6.07, 6.45) is 0. The number of rotatable bonds is 9. The van der Waals surface area contributed by atoms with Gasteiger partial charge >= 0.3 is 0 Å². The van der Waals surface area contributed by atoms with Crippen molar-refractivity contribution < 1.29 is 13.2 Å². The van der Waals surface area contributed by atoms with Gasteiger partial charge in [-0.15, -0.1) is 0 Å². The van der Waals surface area contributed by atoms with Gasteiger partial charge in [-0.2, -0.15) is 4.31 Å². The molecule has 0 aliphatic heterocycles. The van der Waals surface area contributed by atoms with E-state index < -0.39 is 10.0 Å². The van der Waals surface area contributed by atoms with Crippen LogP contribution >= 0.6 is 0 Å². The van der Waals surface area contributed by atoms with Crippen molar-refractivity contribution in [3.05, 3.63) is 89.7 Å². The second-order valence-electron chi connectivity index (χ2n) is 8.79. The normalized spacial score (nSPS) is 12.1. The van der Waals surface area contributed by atoms with E-state index in [2.05, 4.69) is 43.5 Å². The molecule has 4 aromatic rings. The average molecular weight is 478 g/mol. The van der Waals surface area contributed by atoms with E-state index in [1.807, 2.05) is 24.3 Å². The number of fused-ring (bicyclic) bond motifs is 1. The molecule has 0 fully saturated rings. The first kappa shape index (κ1) is 24.0. The van der Waals surface area contributed by atoms with Crippen LogP contribution in [0, 0.1) is 6.92 Å². The van der Waals surface area contributed by atoms with Crippen molar-refractivity contribution in [2.45, 2.75) is 44.7 Å². The molecule has 0 atom stereocenters. The molecule has 34 heavy (non-hydrogen) atoms. The van der Waals surface area contributed by atoms with E-state index in [1.54, 1.807) is 37.4 Å². The zero-order valence-electron chi connectivity index (χ0n) is 20.1. The summed E-state index contributed by atoms with van der Waals surface area (Å²) in [7, 11) is -2.04. The summed E-state index contributed by atoms with van der Waals surface area (Å²) in [5, 5.41) is 0. The molecule has 0 unspecified atom stereocenters. The lowest BCUT2D eigenvalue weighted by Crippen LogP contribution is -2.28. The van der Waals surface area contributed by atoms with Crippen LogP contribution in [0.3, 0.4) is 0 Å². The van der Waals surface area contributed by atoms with E-state index in [1.165, 1.54) is 9.87 Å². The number of ether oxygens (including phenoxy) is 1. The lowest BCUT2D eigenvalue weighted by Gasteiger charge is -2.19. The standard InChI is InChI=1S/C27H31N3O3S/c1-20(2)23-15-14-21(3)18-26(23)33-17-16-30-25-13-9-8-12-24(25)28-27(30)19-29(4)34(31,32)22-10-6-5-7-11-22/h5-15,18,20H,16-17,19H2,1-4H3. The predicted octanol–water partition coefficient (Wildman–Crippen LogP) is 5.37. The molecule has 3 aromatic carbocycles. The Bertz CT molecular complexity index is 1380. The fourth-order valence-electron chi connectivity index (χ4n) is 4.04. The summed E-state index contributed by atoms with van der Waals surface area (Å²) in [6.45, 7) is 7.53. The number of hydrogen-bond acceptors (Lipinski definition) is 4. The monoisotopic (exact) mass is 477 g/mol. The Labute approximate surface area is 201 Å². The molecule has 6 nitrogen and oxygen atoms in total. The smallest absolute Gasteiger partial charge is 0.243 e. The van der Waals surface area contributed by atoms with E-state index in [0.29, 0.717) is 24.9 Å². The van der Waals surface area contributed by atoms with Crippen molar-refractivity contribution in [3.63, 3.8) is 0 Å². The van der Waals surface area contributed by atoms with Crippen LogP contribution in [0.1, 0.15) is 36.7 Å². The van der Waals surface area contributed by atoms with E-state index >= 15 is 0 Å². The number of aryl methyl sites for hydroxylation is 1. The number of aromatic nitrogens is 2. The molecule has 178 valence electrons. The molecule has 1 aromatic heterocycles. The van der Waals surface area contributed by atoms with Gasteiger partial charge in [-0.3, -0.25) is 0 Å². The van der Waals surface area contributed by atoms with Gasteiger partial charge in [-0.25, -0.2) is 13.4 Å². The van der Waals surface area contributed by atoms with Gasteiger partial charge in [0.05, 0.1) is 29.0 Å². The van der Waals surface area contributed by atoms with Crippen LogP contribution in [0.25, 0.3) is 11.0 Å². The van der Waals surface area contributed by atoms with Gasteiger partial charge in [-0.05, 0) is 54.3 Å². The predicted molar refractivity (Wildman–Crippen MR) is 136 cm³/mol. The molecule has 0 N–H and O–H groups in total. The molecule has 1 heterocycles. The van der Waals surface area contributed by atoms with Gasteiger partial charge in [0, 0.05) is 7.05 Å². The highest BCUT2D eigenvalue weighted by atomic mass is 32.2. The molecule has 0 saturated carbocycles. The van der Waals surface area contributed by atoms with Gasteiger partial charge in [0.2, 0.25) is 10.0 Å². The third kappa shape index (κ3) is 5.00. The number of para-hydroxylation sites is 2. The van der Waals surface area contributed by atoms with Crippen molar-refractivity contribution in [2.75, 3.05) is 13.7 Å². The van der Waals surface area contributed by atoms with Gasteiger partial charge in [0.1, 0.15) is 18.2 Å². The van der Waals surface area contributed by atoms with Crippen molar-refractivity contribution in [2.24, 2.45) is 0 Å². The Morgan fingerprint density at radius 2 is 1.71 bits per heavy atom. The number of imidazole rings is 1. The lowest BCUT2D eigenvalue weighted by atomic mass is 10.0. The number of sulfonamides is 1.